The zero-order valence-electron chi connectivity index (χ0n) is 15.7. The van der Waals surface area contributed by atoms with Gasteiger partial charge in [0, 0.05) is 35.2 Å². The zero-order chi connectivity index (χ0) is 20.3. The van der Waals surface area contributed by atoms with Crippen LogP contribution in [0.3, 0.4) is 0 Å². The van der Waals surface area contributed by atoms with Gasteiger partial charge in [0.15, 0.2) is 0 Å². The summed E-state index contributed by atoms with van der Waals surface area (Å²) in [7, 11) is 0. The second-order valence-electron chi connectivity index (χ2n) is 7.93. The van der Waals surface area contributed by atoms with Crippen LogP contribution in [0.5, 0.6) is 0 Å². The Hall–Kier alpha value is -2.44. The van der Waals surface area contributed by atoms with Gasteiger partial charge in [-0.05, 0) is 36.6 Å². The van der Waals surface area contributed by atoms with E-state index in [9.17, 15) is 14.0 Å². The Labute approximate surface area is 176 Å². The Morgan fingerprint density at radius 2 is 2.03 bits per heavy atom. The van der Waals surface area contributed by atoms with Gasteiger partial charge in [0.05, 0.1) is 10.6 Å². The van der Waals surface area contributed by atoms with Gasteiger partial charge in [-0.25, -0.2) is 4.39 Å². The Balaban J connectivity index is 1.44. The van der Waals surface area contributed by atoms with Crippen molar-refractivity contribution in [2.24, 2.45) is 0 Å². The van der Waals surface area contributed by atoms with Crippen LogP contribution in [0.2, 0.25) is 5.02 Å². The first kappa shape index (κ1) is 18.6. The predicted molar refractivity (Wildman–Crippen MR) is 113 cm³/mol. The summed E-state index contributed by atoms with van der Waals surface area (Å²) >= 11 is 7.85. The number of thiophene rings is 1. The summed E-state index contributed by atoms with van der Waals surface area (Å²) in [5.41, 5.74) is 1.89. The number of nitrogens with one attached hydrogen (secondary N) is 1. The molecule has 29 heavy (non-hydrogen) atoms. The second kappa shape index (κ2) is 6.54. The molecular weight excluding hydrogens is 411 g/mol. The second-order valence-corrected chi connectivity index (χ2v) is 9.36. The van der Waals surface area contributed by atoms with Crippen LogP contribution in [0.4, 0.5) is 4.39 Å². The van der Waals surface area contributed by atoms with Crippen LogP contribution >= 0.6 is 22.9 Å². The van der Waals surface area contributed by atoms with Gasteiger partial charge in [-0.1, -0.05) is 35.9 Å². The maximum absolute atomic E-state index is 14.4. The van der Waals surface area contributed by atoms with Crippen LogP contribution in [-0.2, 0) is 4.79 Å². The highest BCUT2D eigenvalue weighted by Crippen LogP contribution is 2.40. The Morgan fingerprint density at radius 1 is 1.24 bits per heavy atom. The van der Waals surface area contributed by atoms with E-state index < -0.39 is 0 Å². The smallest absolute Gasteiger partial charge is 0.265 e. The first-order chi connectivity index (χ1) is 13.8. The molecule has 3 heterocycles. The Kier molecular flexibility index (Phi) is 4.19. The number of carbonyl (C=O) groups is 2. The summed E-state index contributed by atoms with van der Waals surface area (Å²) in [5, 5.41) is 4.21. The number of likely N-dealkylation sites (tertiary alicyclic amines) is 1. The number of rotatable bonds is 2. The first-order valence-electron chi connectivity index (χ1n) is 9.44. The molecule has 1 N–H and O–H groups in total. The van der Waals surface area contributed by atoms with Crippen molar-refractivity contribution >= 4 is 44.8 Å². The van der Waals surface area contributed by atoms with Crippen LogP contribution in [-0.4, -0.2) is 35.3 Å². The van der Waals surface area contributed by atoms with Gasteiger partial charge < -0.3 is 10.2 Å². The van der Waals surface area contributed by atoms with Crippen molar-refractivity contribution in [1.29, 1.82) is 0 Å². The maximum atomic E-state index is 14.4. The lowest BCUT2D eigenvalue weighted by atomic mass is 9.88. The highest BCUT2D eigenvalue weighted by atomic mass is 35.5. The number of amides is 2. The molecule has 0 atom stereocenters. The molecule has 4 nitrogen and oxygen atoms in total. The minimum Gasteiger partial charge on any atom is -0.347 e. The fraction of sp³-hybridized carbons (Fsp3) is 0.273. The molecule has 7 heteroatoms. The molecule has 0 aliphatic carbocycles. The highest BCUT2D eigenvalue weighted by Gasteiger charge is 2.49. The summed E-state index contributed by atoms with van der Waals surface area (Å²) in [6.07, 6.45) is 1.28. The van der Waals surface area contributed by atoms with Crippen molar-refractivity contribution in [3.05, 3.63) is 57.7 Å². The Bertz CT molecular complexity index is 1180. The molecule has 2 fully saturated rings. The van der Waals surface area contributed by atoms with Crippen molar-refractivity contribution in [1.82, 2.24) is 10.2 Å². The van der Waals surface area contributed by atoms with Gasteiger partial charge in [0.1, 0.15) is 10.7 Å². The van der Waals surface area contributed by atoms with Gasteiger partial charge in [-0.15, -0.1) is 11.3 Å². The van der Waals surface area contributed by atoms with E-state index in [1.54, 1.807) is 11.0 Å². The van der Waals surface area contributed by atoms with Crippen LogP contribution in [0.15, 0.2) is 36.4 Å². The lowest BCUT2D eigenvalue weighted by Crippen LogP contribution is -2.68. The fourth-order valence-electron chi connectivity index (χ4n) is 4.21. The maximum Gasteiger partial charge on any atom is 0.265 e. The zero-order valence-corrected chi connectivity index (χ0v) is 17.3. The molecule has 2 aromatic carbocycles. The lowest BCUT2D eigenvalue weighted by molar-refractivity contribution is -0.120. The van der Waals surface area contributed by atoms with E-state index in [0.29, 0.717) is 35.0 Å². The summed E-state index contributed by atoms with van der Waals surface area (Å²) in [6, 6.07) is 10.7. The van der Waals surface area contributed by atoms with Gasteiger partial charge >= 0.3 is 0 Å². The topological polar surface area (TPSA) is 49.4 Å². The summed E-state index contributed by atoms with van der Waals surface area (Å²) in [6.45, 7) is 2.88. The van der Waals surface area contributed by atoms with Crippen molar-refractivity contribution in [3.63, 3.8) is 0 Å². The molecule has 1 aromatic heterocycles. The molecule has 3 aromatic rings. The predicted octanol–water partition coefficient (Wildman–Crippen LogP) is 4.77. The van der Waals surface area contributed by atoms with Crippen LogP contribution in [0.25, 0.3) is 21.2 Å². The highest BCUT2D eigenvalue weighted by molar-refractivity contribution is 7.21. The molecule has 0 radical (unpaired) electrons. The van der Waals surface area contributed by atoms with Gasteiger partial charge in [-0.2, -0.15) is 0 Å². The van der Waals surface area contributed by atoms with E-state index in [0.717, 1.165) is 27.6 Å². The van der Waals surface area contributed by atoms with E-state index in [4.69, 9.17) is 11.6 Å². The molecule has 2 aliphatic heterocycles. The van der Waals surface area contributed by atoms with Gasteiger partial charge in [0.25, 0.3) is 5.91 Å². The minimum atomic E-state index is -0.271. The van der Waals surface area contributed by atoms with Crippen molar-refractivity contribution < 1.29 is 14.0 Å². The van der Waals surface area contributed by atoms with Gasteiger partial charge in [-0.3, -0.25) is 9.59 Å². The lowest BCUT2D eigenvalue weighted by Gasteiger charge is -2.47. The molecule has 2 saturated heterocycles. The number of hydrogen-bond acceptors (Lipinski definition) is 3. The molecule has 2 amide bonds. The van der Waals surface area contributed by atoms with Gasteiger partial charge in [0.2, 0.25) is 5.91 Å². The van der Waals surface area contributed by atoms with Crippen molar-refractivity contribution in [2.45, 2.75) is 25.3 Å². The number of hydrogen-bond donors (Lipinski definition) is 1. The third-order valence-corrected chi connectivity index (χ3v) is 7.41. The minimum absolute atomic E-state index is 0.0489. The van der Waals surface area contributed by atoms with Crippen LogP contribution in [0.1, 0.15) is 28.1 Å². The van der Waals surface area contributed by atoms with E-state index in [2.05, 4.69) is 5.32 Å². The molecule has 2 aliphatic rings. The van der Waals surface area contributed by atoms with Crippen molar-refractivity contribution in [3.8, 4) is 11.1 Å². The number of aryl methyl sites for hydroxylation is 1. The molecule has 0 saturated carbocycles. The number of carbonyl (C=O) groups excluding carboxylic acids is 2. The molecule has 148 valence electrons. The number of nitrogens with zero attached hydrogens (tertiary/aromatic N) is 1. The monoisotopic (exact) mass is 428 g/mol. The average molecular weight is 429 g/mol. The number of fused-ring (bicyclic) bond motifs is 1. The number of benzene rings is 2. The summed E-state index contributed by atoms with van der Waals surface area (Å²) in [4.78, 5) is 26.7. The molecular formula is C22H18ClFN2O2S. The third kappa shape index (κ3) is 3.02. The van der Waals surface area contributed by atoms with E-state index in [1.807, 2.05) is 31.2 Å². The summed E-state index contributed by atoms with van der Waals surface area (Å²) in [5.74, 6) is -0.341. The van der Waals surface area contributed by atoms with Crippen LogP contribution < -0.4 is 5.32 Å². The molecule has 0 bridgehead atoms. The summed E-state index contributed by atoms with van der Waals surface area (Å²) < 4.78 is 15.2. The third-order valence-electron chi connectivity index (χ3n) is 5.77. The van der Waals surface area contributed by atoms with E-state index in [-0.39, 0.29) is 23.2 Å². The quantitative estimate of drug-likeness (QED) is 0.639. The van der Waals surface area contributed by atoms with Crippen molar-refractivity contribution in [2.75, 3.05) is 13.1 Å². The fourth-order valence-corrected chi connectivity index (χ4v) is 5.73. The molecule has 0 unspecified atom stereocenters. The number of halogens is 2. The molecule has 1 spiro atoms. The average Bonchev–Trinajstić information content (AvgIpc) is 3.20. The largest absolute Gasteiger partial charge is 0.347 e. The molecule has 5 rings (SSSR count). The van der Waals surface area contributed by atoms with E-state index in [1.165, 1.54) is 17.4 Å². The SMILES string of the molecule is Cc1ccc(-c2ccc3c(Cl)c(C(=O)N4CC5(CCC(=O)N5)C4)sc3c2)c(F)c1. The van der Waals surface area contributed by atoms with Crippen LogP contribution in [0, 0.1) is 12.7 Å². The first-order valence-corrected chi connectivity index (χ1v) is 10.6. The standard InChI is InChI=1S/C22H18ClFN2O2S/c1-12-2-4-14(16(24)8-12)13-3-5-15-17(9-13)29-20(19(15)23)21(28)26-10-22(11-26)7-6-18(27)25-22/h2-5,8-9H,6-7,10-11H2,1H3,(H,25,27). The normalized spacial score (nSPS) is 17.6. The Morgan fingerprint density at radius 3 is 2.72 bits per heavy atom. The van der Waals surface area contributed by atoms with E-state index >= 15 is 0 Å².